The largest absolute Gasteiger partial charge is 0.363 e. The molecule has 0 fully saturated rings. The number of carbonyl (C=O) groups excluding carboxylic acids is 1. The molecule has 0 saturated heterocycles. The van der Waals surface area contributed by atoms with Crippen LogP contribution in [0.2, 0.25) is 0 Å². The fraction of sp³-hybridized carbons (Fsp3) is 0.0215. The molecule has 490 valence electrons. The first-order valence-corrected chi connectivity index (χ1v) is 36.9. The predicted octanol–water partition coefficient (Wildman–Crippen LogP) is 25.7. The van der Waals surface area contributed by atoms with Gasteiger partial charge in [-0.3, -0.25) is 9.36 Å². The third-order valence-electron chi connectivity index (χ3n) is 19.5. The molecule has 1 unspecified atom stereocenters. The van der Waals surface area contributed by atoms with Crippen molar-refractivity contribution in [3.05, 3.63) is 427 Å². The smallest absolute Gasteiger partial charge is 0.262 e. The second-order valence-corrected chi connectivity index (χ2v) is 28.5. The molecule has 1 atom stereocenters. The van der Waals surface area contributed by atoms with E-state index in [1.807, 2.05) is 170 Å². The third kappa shape index (κ3) is 11.5. The van der Waals surface area contributed by atoms with Crippen molar-refractivity contribution in [1.29, 1.82) is 0 Å². The van der Waals surface area contributed by atoms with Gasteiger partial charge in [-0.25, -0.2) is 0 Å². The molecule has 3 aromatic heterocycles. The van der Waals surface area contributed by atoms with Gasteiger partial charge in [0.25, 0.3) is 5.91 Å². The van der Waals surface area contributed by atoms with Crippen LogP contribution in [0.1, 0.15) is 38.2 Å². The third-order valence-corrected chi connectivity index (χ3v) is 22.1. The van der Waals surface area contributed by atoms with Gasteiger partial charge in [0.1, 0.15) is 5.54 Å². The van der Waals surface area contributed by atoms with Gasteiger partial charge in [0.2, 0.25) is 0 Å². The topological polar surface area (TPSA) is 52.1 Å². The molecule has 19 rings (SSSR count). The van der Waals surface area contributed by atoms with E-state index in [-0.39, 0.29) is 5.91 Å². The van der Waals surface area contributed by atoms with Crippen LogP contribution in [0.5, 0.6) is 0 Å². The fourth-order valence-electron chi connectivity index (χ4n) is 15.2. The number of para-hydroxylation sites is 6. The van der Waals surface area contributed by atoms with Crippen molar-refractivity contribution in [3.63, 3.8) is 0 Å². The molecule has 5 nitrogen and oxygen atoms in total. The van der Waals surface area contributed by atoms with Gasteiger partial charge >= 0.3 is 0 Å². The molecule has 0 bridgehead atoms. The Balaban J connectivity index is 0.000000111. The quantitative estimate of drug-likeness (QED) is 0.165. The lowest BCUT2D eigenvalue weighted by atomic mass is 9.80. The lowest BCUT2D eigenvalue weighted by Crippen LogP contribution is -2.36. The molecule has 1 N–H and O–H groups in total. The van der Waals surface area contributed by atoms with Gasteiger partial charge in [-0.2, -0.15) is 0 Å². The highest BCUT2D eigenvalue weighted by Crippen LogP contribution is 2.56. The van der Waals surface area contributed by atoms with Crippen LogP contribution in [0.3, 0.4) is 0 Å². The summed E-state index contributed by atoms with van der Waals surface area (Å²) in [5.74, 6) is -0.0151. The first kappa shape index (κ1) is 65.8. The van der Waals surface area contributed by atoms with E-state index >= 15 is 0 Å². The fourth-order valence-corrected chi connectivity index (χ4v) is 17.3. The minimum atomic E-state index is -1.46. The highest BCUT2D eigenvalue weighted by molar-refractivity contribution is 9.11. The second kappa shape index (κ2) is 28.3. The molecule has 0 saturated carbocycles. The first-order chi connectivity index (χ1) is 50.2. The van der Waals surface area contributed by atoms with E-state index in [4.69, 9.17) is 0 Å². The number of fused-ring (bicyclic) bond motifs is 12. The zero-order valence-corrected chi connectivity index (χ0v) is 61.3. The molecule has 1 aliphatic carbocycles. The second-order valence-electron chi connectivity index (χ2n) is 25.1. The van der Waals surface area contributed by atoms with Gasteiger partial charge in [-0.1, -0.05) is 337 Å². The van der Waals surface area contributed by atoms with Crippen LogP contribution in [0.25, 0.3) is 98.8 Å². The molecular weight excluding hydrogens is 1510 g/mol. The number of benzene rings is 15. The van der Waals surface area contributed by atoms with Crippen molar-refractivity contribution in [1.82, 2.24) is 13.7 Å². The van der Waals surface area contributed by atoms with E-state index < -0.39 is 11.3 Å². The van der Waals surface area contributed by atoms with Crippen molar-refractivity contribution in [3.8, 4) is 33.4 Å². The van der Waals surface area contributed by atoms with E-state index in [0.29, 0.717) is 5.56 Å². The summed E-state index contributed by atoms with van der Waals surface area (Å²) in [5, 5.41) is 19.9. The molecule has 3 heterocycles. The maximum Gasteiger partial charge on any atom is 0.262 e. The van der Waals surface area contributed by atoms with Gasteiger partial charge in [0, 0.05) is 66.9 Å². The summed E-state index contributed by atoms with van der Waals surface area (Å²) in [6.07, 6.45) is 0. The highest BCUT2D eigenvalue weighted by atomic mass is 79.9. The zero-order valence-electron chi connectivity index (χ0n) is 55.0. The summed E-state index contributed by atoms with van der Waals surface area (Å²) in [6, 6.07) is 129. The van der Waals surface area contributed by atoms with Crippen molar-refractivity contribution < 1.29 is 9.90 Å². The normalized spacial score (nSPS) is 12.6. The number of halogens is 4. The van der Waals surface area contributed by atoms with Crippen molar-refractivity contribution in [2.24, 2.45) is 0 Å². The summed E-state index contributed by atoms with van der Waals surface area (Å²) in [7, 11) is 0. The Morgan fingerprint density at radius 1 is 0.304 bits per heavy atom. The standard InChI is InChI=1S/C31H22BrNO.C31H20BrN.C19H12BrNO.C12H9Br/c32-28-20-11-18-26-25-17-8-10-21-29(25)33(30(26)28)31(34,23-14-5-2-6-15-23)27-19-9-7-16-24(27)22-12-3-1-4-13-22;32-28-19-10-16-25-24-15-6-9-20-29(24)33(30(25)28)31(21-11-2-1-3-12-21)26-17-7-4-13-22(26)23-14-5-8-18-27(23)31;20-16-11-6-10-15-14-9-4-5-12-17(14)21(18(15)16)19(22)13-7-2-1-3-8-13;13-12-9-5-4-8-11(12)10-6-2-1-3-7-10/h1-21,34H;1-20H;1-12H;1-9H. The van der Waals surface area contributed by atoms with Crippen LogP contribution in [0.15, 0.2) is 394 Å². The molecule has 9 heteroatoms. The predicted molar refractivity (Wildman–Crippen MR) is 437 cm³/mol. The monoisotopic (exact) mass is 1570 g/mol. The Morgan fingerprint density at radius 3 is 1.25 bits per heavy atom. The number of hydrogen-bond acceptors (Lipinski definition) is 2. The number of rotatable bonds is 8. The Morgan fingerprint density at radius 2 is 0.676 bits per heavy atom. The van der Waals surface area contributed by atoms with Crippen LogP contribution in [-0.2, 0) is 11.3 Å². The van der Waals surface area contributed by atoms with Crippen LogP contribution >= 0.6 is 63.7 Å². The number of hydrogen-bond donors (Lipinski definition) is 1. The van der Waals surface area contributed by atoms with E-state index in [2.05, 4.69) is 279 Å². The lowest BCUT2D eigenvalue weighted by molar-refractivity contribution is 0.0580. The van der Waals surface area contributed by atoms with Crippen LogP contribution in [-0.4, -0.2) is 24.7 Å². The van der Waals surface area contributed by atoms with E-state index in [9.17, 15) is 9.90 Å². The first-order valence-electron chi connectivity index (χ1n) is 33.8. The van der Waals surface area contributed by atoms with Gasteiger partial charge < -0.3 is 14.2 Å². The van der Waals surface area contributed by atoms with E-state index in [1.165, 1.54) is 60.8 Å². The van der Waals surface area contributed by atoms with Crippen LogP contribution < -0.4 is 0 Å². The summed E-state index contributed by atoms with van der Waals surface area (Å²) in [5.41, 5.74) is 17.6. The molecule has 15 aromatic carbocycles. The summed E-state index contributed by atoms with van der Waals surface area (Å²) in [4.78, 5) is 13.0. The summed E-state index contributed by atoms with van der Waals surface area (Å²) in [6.45, 7) is 0. The van der Waals surface area contributed by atoms with E-state index in [1.54, 1.807) is 4.57 Å². The van der Waals surface area contributed by atoms with Gasteiger partial charge in [0.05, 0.1) is 33.1 Å². The van der Waals surface area contributed by atoms with Gasteiger partial charge in [-0.05, 0) is 152 Å². The average Bonchev–Trinajstić information content (AvgIpc) is 1.51. The summed E-state index contributed by atoms with van der Waals surface area (Å²) < 4.78 is 10.6. The molecule has 1 aliphatic rings. The Labute approximate surface area is 625 Å². The molecule has 0 radical (unpaired) electrons. The maximum absolute atomic E-state index is 13.0. The molecular formula is C93H63Br4N3O2. The molecule has 0 spiro atoms. The molecule has 18 aromatic rings. The minimum absolute atomic E-state index is 0.0151. The lowest BCUT2D eigenvalue weighted by Gasteiger charge is -2.36. The Bertz CT molecular complexity index is 6070. The molecule has 0 aliphatic heterocycles. The number of aliphatic hydroxyl groups is 1. The van der Waals surface area contributed by atoms with Crippen molar-refractivity contribution in [2.45, 2.75) is 11.3 Å². The maximum atomic E-state index is 13.0. The van der Waals surface area contributed by atoms with Gasteiger partial charge in [-0.15, -0.1) is 0 Å². The number of aromatic nitrogens is 3. The minimum Gasteiger partial charge on any atom is -0.363 e. The SMILES string of the molecule is Brc1cccc2c3ccccc3n(C3(c4ccccc4)c4ccccc4-c4ccccc43)c12.Brc1ccccc1-c1ccccc1.O=C(c1ccccc1)n1c2ccccc2c2cccc(Br)c21.OC(c1ccccc1)(c1ccccc1-c1ccccc1)n1c2ccccc2c2cccc(Br)c21. The van der Waals surface area contributed by atoms with Crippen LogP contribution in [0, 0.1) is 0 Å². The summed E-state index contributed by atoms with van der Waals surface area (Å²) >= 11 is 14.9. The number of nitrogens with zero attached hydrogens (tertiary/aromatic N) is 3. The van der Waals surface area contributed by atoms with Crippen molar-refractivity contribution in [2.75, 3.05) is 0 Å². The number of carbonyl (C=O) groups is 1. The van der Waals surface area contributed by atoms with Gasteiger partial charge in [0.15, 0.2) is 5.72 Å². The van der Waals surface area contributed by atoms with Crippen LogP contribution in [0.4, 0.5) is 0 Å². The highest BCUT2D eigenvalue weighted by Gasteiger charge is 2.48. The Kier molecular flexibility index (Phi) is 18.3. The van der Waals surface area contributed by atoms with E-state index in [0.717, 1.165) is 83.8 Å². The average molecular weight is 1570 g/mol. The molecule has 0 amide bonds. The van der Waals surface area contributed by atoms with Crippen molar-refractivity contribution >= 4 is 135 Å². The molecule has 102 heavy (non-hydrogen) atoms. The Hall–Kier alpha value is -10.8. The zero-order chi connectivity index (χ0) is 69.3.